The Morgan fingerprint density at radius 3 is 2.81 bits per heavy atom. The van der Waals surface area contributed by atoms with Gasteiger partial charge >= 0.3 is 0 Å². The number of hydrogen-bond acceptors (Lipinski definition) is 4. The van der Waals surface area contributed by atoms with Crippen molar-refractivity contribution >= 4 is 0 Å². The maximum atomic E-state index is 5.98. The van der Waals surface area contributed by atoms with Gasteiger partial charge in [0.05, 0.1) is 30.9 Å². The smallest absolute Gasteiger partial charge is 0.0951 e. The quantitative estimate of drug-likeness (QED) is 0.915. The van der Waals surface area contributed by atoms with Crippen LogP contribution in [0.25, 0.3) is 11.3 Å². The van der Waals surface area contributed by atoms with Gasteiger partial charge in [0.1, 0.15) is 0 Å². The van der Waals surface area contributed by atoms with E-state index in [0.717, 1.165) is 43.5 Å². The van der Waals surface area contributed by atoms with E-state index in [1.807, 2.05) is 30.9 Å². The van der Waals surface area contributed by atoms with E-state index < -0.39 is 0 Å². The van der Waals surface area contributed by atoms with Gasteiger partial charge < -0.3 is 15.0 Å². The molecule has 0 aromatic carbocycles. The van der Waals surface area contributed by atoms with Crippen molar-refractivity contribution in [2.75, 3.05) is 6.61 Å². The molecule has 1 saturated carbocycles. The summed E-state index contributed by atoms with van der Waals surface area (Å²) in [6.07, 6.45) is 12.1. The molecule has 0 radical (unpaired) electrons. The molecule has 5 nitrogen and oxygen atoms in total. The van der Waals surface area contributed by atoms with Gasteiger partial charge in [-0.25, -0.2) is 4.98 Å². The number of nitrogens with zero attached hydrogens (tertiary/aromatic N) is 3. The van der Waals surface area contributed by atoms with E-state index in [1.165, 1.54) is 0 Å². The number of aromatic nitrogens is 3. The van der Waals surface area contributed by atoms with Gasteiger partial charge in [-0.05, 0) is 37.8 Å². The van der Waals surface area contributed by atoms with Crippen molar-refractivity contribution in [2.24, 2.45) is 5.73 Å². The van der Waals surface area contributed by atoms with Gasteiger partial charge in [0.2, 0.25) is 0 Å². The number of rotatable bonds is 5. The van der Waals surface area contributed by atoms with Crippen LogP contribution in [0.1, 0.15) is 25.7 Å². The molecule has 2 aromatic rings. The van der Waals surface area contributed by atoms with Crippen molar-refractivity contribution in [3.63, 3.8) is 0 Å². The summed E-state index contributed by atoms with van der Waals surface area (Å²) in [5.41, 5.74) is 8.08. The fourth-order valence-corrected chi connectivity index (χ4v) is 2.83. The topological polar surface area (TPSA) is 66.0 Å². The standard InChI is InChI=1S/C16H22N4O/c17-14-3-5-15(6-4-14)21-9-8-20-12-19-11-16(20)13-2-1-7-18-10-13/h1-2,7,10-12,14-15H,3-6,8-9,17H2. The van der Waals surface area contributed by atoms with Crippen LogP contribution in [-0.4, -0.2) is 33.3 Å². The van der Waals surface area contributed by atoms with Crippen LogP contribution in [-0.2, 0) is 11.3 Å². The Morgan fingerprint density at radius 2 is 2.05 bits per heavy atom. The minimum absolute atomic E-state index is 0.371. The summed E-state index contributed by atoms with van der Waals surface area (Å²) in [5, 5.41) is 0. The molecule has 0 amide bonds. The molecular weight excluding hydrogens is 264 g/mol. The Balaban J connectivity index is 1.53. The van der Waals surface area contributed by atoms with E-state index in [9.17, 15) is 0 Å². The monoisotopic (exact) mass is 286 g/mol. The lowest BCUT2D eigenvalue weighted by atomic mass is 9.94. The molecule has 1 aliphatic rings. The third-order valence-corrected chi connectivity index (χ3v) is 4.07. The van der Waals surface area contributed by atoms with E-state index in [0.29, 0.717) is 18.8 Å². The Morgan fingerprint density at radius 1 is 1.19 bits per heavy atom. The van der Waals surface area contributed by atoms with Gasteiger partial charge in [-0.15, -0.1) is 0 Å². The fourth-order valence-electron chi connectivity index (χ4n) is 2.83. The van der Waals surface area contributed by atoms with Crippen LogP contribution in [0, 0.1) is 0 Å². The normalized spacial score (nSPS) is 22.3. The zero-order valence-electron chi connectivity index (χ0n) is 12.2. The Hall–Kier alpha value is -1.72. The lowest BCUT2D eigenvalue weighted by Gasteiger charge is -2.26. The predicted octanol–water partition coefficient (Wildman–Crippen LogP) is 2.23. The number of pyridine rings is 1. The second kappa shape index (κ2) is 6.83. The van der Waals surface area contributed by atoms with Crippen LogP contribution in [0.15, 0.2) is 37.1 Å². The molecule has 2 aromatic heterocycles. The third kappa shape index (κ3) is 3.68. The van der Waals surface area contributed by atoms with Crippen molar-refractivity contribution in [1.29, 1.82) is 0 Å². The first-order valence-electron chi connectivity index (χ1n) is 7.60. The molecule has 0 bridgehead atoms. The average molecular weight is 286 g/mol. The molecule has 0 atom stereocenters. The highest BCUT2D eigenvalue weighted by Crippen LogP contribution is 2.20. The second-order valence-electron chi connectivity index (χ2n) is 5.62. The summed E-state index contributed by atoms with van der Waals surface area (Å²) in [6.45, 7) is 1.52. The molecule has 1 aliphatic carbocycles. The maximum Gasteiger partial charge on any atom is 0.0951 e. The minimum atomic E-state index is 0.371. The zero-order chi connectivity index (χ0) is 14.5. The van der Waals surface area contributed by atoms with E-state index >= 15 is 0 Å². The number of ether oxygens (including phenoxy) is 1. The molecule has 0 spiro atoms. The van der Waals surface area contributed by atoms with Crippen LogP contribution in [0.2, 0.25) is 0 Å². The molecule has 112 valence electrons. The first-order valence-corrected chi connectivity index (χ1v) is 7.60. The zero-order valence-corrected chi connectivity index (χ0v) is 12.2. The van der Waals surface area contributed by atoms with E-state index in [4.69, 9.17) is 10.5 Å². The van der Waals surface area contributed by atoms with Crippen LogP contribution in [0.3, 0.4) is 0 Å². The van der Waals surface area contributed by atoms with Gasteiger partial charge in [0.25, 0.3) is 0 Å². The van der Waals surface area contributed by atoms with Crippen LogP contribution in [0.4, 0.5) is 0 Å². The van der Waals surface area contributed by atoms with Crippen molar-refractivity contribution in [1.82, 2.24) is 14.5 Å². The Labute approximate surface area is 125 Å². The first kappa shape index (κ1) is 14.2. The summed E-state index contributed by atoms with van der Waals surface area (Å²) < 4.78 is 8.09. The summed E-state index contributed by atoms with van der Waals surface area (Å²) in [7, 11) is 0. The van der Waals surface area contributed by atoms with Gasteiger partial charge in [0, 0.05) is 30.5 Å². The molecule has 0 saturated heterocycles. The fraction of sp³-hybridized carbons (Fsp3) is 0.500. The lowest BCUT2D eigenvalue weighted by molar-refractivity contribution is 0.0211. The minimum Gasteiger partial charge on any atom is -0.376 e. The van der Waals surface area contributed by atoms with Crippen molar-refractivity contribution in [3.05, 3.63) is 37.1 Å². The highest BCUT2D eigenvalue weighted by molar-refractivity contribution is 5.57. The molecular formula is C16H22N4O. The second-order valence-corrected chi connectivity index (χ2v) is 5.62. The summed E-state index contributed by atoms with van der Waals surface area (Å²) >= 11 is 0. The van der Waals surface area contributed by atoms with E-state index in [-0.39, 0.29) is 0 Å². The van der Waals surface area contributed by atoms with Gasteiger partial charge in [-0.2, -0.15) is 0 Å². The molecule has 0 unspecified atom stereocenters. The lowest BCUT2D eigenvalue weighted by Crippen LogP contribution is -2.30. The Bertz CT molecular complexity index is 546. The highest BCUT2D eigenvalue weighted by atomic mass is 16.5. The Kier molecular flexibility index (Phi) is 4.62. The van der Waals surface area contributed by atoms with Gasteiger partial charge in [-0.3, -0.25) is 4.98 Å². The number of nitrogens with two attached hydrogens (primary N) is 1. The van der Waals surface area contributed by atoms with E-state index in [2.05, 4.69) is 14.5 Å². The van der Waals surface area contributed by atoms with Crippen molar-refractivity contribution in [2.45, 2.75) is 44.4 Å². The maximum absolute atomic E-state index is 5.98. The molecule has 5 heteroatoms. The molecule has 21 heavy (non-hydrogen) atoms. The molecule has 1 fully saturated rings. The van der Waals surface area contributed by atoms with Crippen LogP contribution >= 0.6 is 0 Å². The predicted molar refractivity (Wildman–Crippen MR) is 81.6 cm³/mol. The third-order valence-electron chi connectivity index (χ3n) is 4.07. The summed E-state index contributed by atoms with van der Waals surface area (Å²) in [6, 6.07) is 4.36. The van der Waals surface area contributed by atoms with Crippen LogP contribution in [0.5, 0.6) is 0 Å². The number of imidazole rings is 1. The molecule has 2 N–H and O–H groups in total. The highest BCUT2D eigenvalue weighted by Gasteiger charge is 2.18. The van der Waals surface area contributed by atoms with E-state index in [1.54, 1.807) is 6.20 Å². The largest absolute Gasteiger partial charge is 0.376 e. The first-order chi connectivity index (χ1) is 10.3. The average Bonchev–Trinajstić information content (AvgIpc) is 2.99. The van der Waals surface area contributed by atoms with Crippen molar-refractivity contribution < 1.29 is 4.74 Å². The SMILES string of the molecule is NC1CCC(OCCn2cncc2-c2cccnc2)CC1. The molecule has 0 aliphatic heterocycles. The summed E-state index contributed by atoms with van der Waals surface area (Å²) in [5.74, 6) is 0. The number of hydrogen-bond donors (Lipinski definition) is 1. The van der Waals surface area contributed by atoms with Gasteiger partial charge in [-0.1, -0.05) is 0 Å². The summed E-state index contributed by atoms with van der Waals surface area (Å²) in [4.78, 5) is 8.40. The molecule has 3 rings (SSSR count). The van der Waals surface area contributed by atoms with Crippen molar-refractivity contribution in [3.8, 4) is 11.3 Å². The molecule has 2 heterocycles. The van der Waals surface area contributed by atoms with Crippen LogP contribution < -0.4 is 5.73 Å². The van der Waals surface area contributed by atoms with Gasteiger partial charge in [0.15, 0.2) is 0 Å².